The van der Waals surface area contributed by atoms with Gasteiger partial charge in [-0.15, -0.1) is 0 Å². The predicted molar refractivity (Wildman–Crippen MR) is 61.7 cm³/mol. The molecule has 0 saturated carbocycles. The average molecular weight is 205 g/mol. The number of hydrogen-bond acceptors (Lipinski definition) is 2. The molecule has 1 aromatic carbocycles. The molecule has 15 heavy (non-hydrogen) atoms. The molecule has 2 nitrogen and oxygen atoms in total. The van der Waals surface area contributed by atoms with E-state index in [2.05, 4.69) is 31.2 Å². The van der Waals surface area contributed by atoms with Gasteiger partial charge in [0.05, 0.1) is 6.61 Å². The first-order valence-corrected chi connectivity index (χ1v) is 5.74. The molecule has 1 saturated heterocycles. The highest BCUT2D eigenvalue weighted by atomic mass is 16.5. The van der Waals surface area contributed by atoms with E-state index in [-0.39, 0.29) is 6.04 Å². The lowest BCUT2D eigenvalue weighted by atomic mass is 9.89. The second-order valence-electron chi connectivity index (χ2n) is 4.20. The van der Waals surface area contributed by atoms with E-state index >= 15 is 0 Å². The molecule has 0 aromatic heterocycles. The van der Waals surface area contributed by atoms with Gasteiger partial charge < -0.3 is 10.5 Å². The smallest absolute Gasteiger partial charge is 0.0513 e. The van der Waals surface area contributed by atoms with Crippen molar-refractivity contribution in [2.24, 2.45) is 11.7 Å². The van der Waals surface area contributed by atoms with E-state index in [1.165, 1.54) is 11.1 Å². The van der Waals surface area contributed by atoms with Gasteiger partial charge in [0.25, 0.3) is 0 Å². The molecule has 1 aliphatic heterocycles. The molecule has 2 N–H and O–H groups in total. The highest BCUT2D eigenvalue weighted by Crippen LogP contribution is 2.28. The lowest BCUT2D eigenvalue weighted by molar-refractivity contribution is 0.181. The molecule has 82 valence electrons. The number of aryl methyl sites for hydroxylation is 1. The summed E-state index contributed by atoms with van der Waals surface area (Å²) in [5, 5.41) is 0. The zero-order valence-electron chi connectivity index (χ0n) is 9.28. The Kier molecular flexibility index (Phi) is 3.39. The Balaban J connectivity index is 2.19. The van der Waals surface area contributed by atoms with Crippen LogP contribution in [0.25, 0.3) is 0 Å². The second kappa shape index (κ2) is 4.77. The van der Waals surface area contributed by atoms with Gasteiger partial charge in [-0.05, 0) is 24.0 Å². The van der Waals surface area contributed by atoms with Crippen LogP contribution in [0.1, 0.15) is 30.5 Å². The standard InChI is InChI=1S/C13H19NO/c1-2-10-5-3-4-6-12(10)13(14)11-7-8-15-9-11/h3-6,11,13H,2,7-9,14H2,1H3. The van der Waals surface area contributed by atoms with Crippen molar-refractivity contribution in [2.45, 2.75) is 25.8 Å². The van der Waals surface area contributed by atoms with Gasteiger partial charge in [0, 0.05) is 18.6 Å². The summed E-state index contributed by atoms with van der Waals surface area (Å²) in [6.45, 7) is 3.86. The molecular weight excluding hydrogens is 186 g/mol. The number of nitrogens with two attached hydrogens (primary N) is 1. The molecule has 1 fully saturated rings. The quantitative estimate of drug-likeness (QED) is 0.821. The topological polar surface area (TPSA) is 35.2 Å². The van der Waals surface area contributed by atoms with Crippen LogP contribution in [0.15, 0.2) is 24.3 Å². The Hall–Kier alpha value is -0.860. The SMILES string of the molecule is CCc1ccccc1C(N)C1CCOC1. The van der Waals surface area contributed by atoms with Crippen molar-refractivity contribution in [3.63, 3.8) is 0 Å². The molecule has 0 spiro atoms. The minimum atomic E-state index is 0.142. The summed E-state index contributed by atoms with van der Waals surface area (Å²) in [7, 11) is 0. The summed E-state index contributed by atoms with van der Waals surface area (Å²) in [5.41, 5.74) is 8.97. The molecule has 1 aliphatic rings. The Labute approximate surface area is 91.4 Å². The summed E-state index contributed by atoms with van der Waals surface area (Å²) < 4.78 is 5.39. The van der Waals surface area contributed by atoms with E-state index in [1.807, 2.05) is 0 Å². The summed E-state index contributed by atoms with van der Waals surface area (Å²) in [6.07, 6.45) is 2.15. The zero-order valence-corrected chi connectivity index (χ0v) is 9.28. The van der Waals surface area contributed by atoms with Gasteiger partial charge >= 0.3 is 0 Å². The van der Waals surface area contributed by atoms with Crippen LogP contribution in [0.4, 0.5) is 0 Å². The molecule has 2 heteroatoms. The first-order chi connectivity index (χ1) is 7.33. The molecule has 0 bridgehead atoms. The monoisotopic (exact) mass is 205 g/mol. The van der Waals surface area contributed by atoms with Gasteiger partial charge in [-0.25, -0.2) is 0 Å². The summed E-state index contributed by atoms with van der Waals surface area (Å²) >= 11 is 0. The van der Waals surface area contributed by atoms with Gasteiger partial charge in [-0.3, -0.25) is 0 Å². The minimum absolute atomic E-state index is 0.142. The highest BCUT2D eigenvalue weighted by Gasteiger charge is 2.24. The molecule has 2 rings (SSSR count). The molecule has 1 heterocycles. The first kappa shape index (κ1) is 10.7. The Morgan fingerprint density at radius 1 is 1.47 bits per heavy atom. The van der Waals surface area contributed by atoms with Crippen molar-refractivity contribution < 1.29 is 4.74 Å². The Bertz CT molecular complexity index is 318. The van der Waals surface area contributed by atoms with Gasteiger partial charge in [0.2, 0.25) is 0 Å². The molecule has 0 radical (unpaired) electrons. The van der Waals surface area contributed by atoms with Crippen LogP contribution in [0.2, 0.25) is 0 Å². The molecule has 2 atom stereocenters. The Morgan fingerprint density at radius 2 is 2.27 bits per heavy atom. The van der Waals surface area contributed by atoms with E-state index in [1.54, 1.807) is 0 Å². The van der Waals surface area contributed by atoms with Crippen LogP contribution in [-0.2, 0) is 11.2 Å². The minimum Gasteiger partial charge on any atom is -0.381 e. The number of ether oxygens (including phenoxy) is 1. The van der Waals surface area contributed by atoms with E-state index < -0.39 is 0 Å². The van der Waals surface area contributed by atoms with Crippen LogP contribution >= 0.6 is 0 Å². The van der Waals surface area contributed by atoms with Crippen molar-refractivity contribution in [1.29, 1.82) is 0 Å². The molecular formula is C13H19NO. The summed E-state index contributed by atoms with van der Waals surface area (Å²) in [5.74, 6) is 0.498. The third-order valence-corrected chi connectivity index (χ3v) is 3.27. The fourth-order valence-electron chi connectivity index (χ4n) is 2.27. The lowest BCUT2D eigenvalue weighted by Gasteiger charge is -2.20. The third-order valence-electron chi connectivity index (χ3n) is 3.27. The van der Waals surface area contributed by atoms with E-state index in [9.17, 15) is 0 Å². The summed E-state index contributed by atoms with van der Waals surface area (Å²) in [4.78, 5) is 0. The molecule has 0 amide bonds. The van der Waals surface area contributed by atoms with E-state index in [4.69, 9.17) is 10.5 Å². The van der Waals surface area contributed by atoms with Crippen molar-refractivity contribution >= 4 is 0 Å². The fourth-order valence-corrected chi connectivity index (χ4v) is 2.27. The first-order valence-electron chi connectivity index (χ1n) is 5.74. The van der Waals surface area contributed by atoms with Crippen LogP contribution < -0.4 is 5.73 Å². The van der Waals surface area contributed by atoms with Crippen LogP contribution in [0.3, 0.4) is 0 Å². The van der Waals surface area contributed by atoms with Gasteiger partial charge in [-0.2, -0.15) is 0 Å². The Morgan fingerprint density at radius 3 is 2.93 bits per heavy atom. The van der Waals surface area contributed by atoms with Crippen LogP contribution in [0, 0.1) is 5.92 Å². The highest BCUT2D eigenvalue weighted by molar-refractivity contribution is 5.30. The third kappa shape index (κ3) is 2.21. The average Bonchev–Trinajstić information content (AvgIpc) is 2.81. The van der Waals surface area contributed by atoms with E-state index in [0.717, 1.165) is 26.1 Å². The van der Waals surface area contributed by atoms with Gasteiger partial charge in [-0.1, -0.05) is 31.2 Å². The number of benzene rings is 1. The lowest BCUT2D eigenvalue weighted by Crippen LogP contribution is -2.22. The van der Waals surface area contributed by atoms with Gasteiger partial charge in [0.1, 0.15) is 0 Å². The maximum Gasteiger partial charge on any atom is 0.0513 e. The van der Waals surface area contributed by atoms with Crippen molar-refractivity contribution in [1.82, 2.24) is 0 Å². The molecule has 2 unspecified atom stereocenters. The maximum absolute atomic E-state index is 6.30. The fraction of sp³-hybridized carbons (Fsp3) is 0.538. The van der Waals surface area contributed by atoms with Crippen molar-refractivity contribution in [3.05, 3.63) is 35.4 Å². The number of rotatable bonds is 3. The largest absolute Gasteiger partial charge is 0.381 e. The van der Waals surface area contributed by atoms with E-state index in [0.29, 0.717) is 5.92 Å². The predicted octanol–water partition coefficient (Wildman–Crippen LogP) is 2.29. The van der Waals surface area contributed by atoms with Crippen molar-refractivity contribution in [2.75, 3.05) is 13.2 Å². The summed E-state index contributed by atoms with van der Waals surface area (Å²) in [6, 6.07) is 8.63. The normalized spacial score (nSPS) is 22.9. The van der Waals surface area contributed by atoms with Crippen LogP contribution in [0.5, 0.6) is 0 Å². The maximum atomic E-state index is 6.30. The number of hydrogen-bond donors (Lipinski definition) is 1. The van der Waals surface area contributed by atoms with Gasteiger partial charge in [0.15, 0.2) is 0 Å². The molecule has 0 aliphatic carbocycles. The van der Waals surface area contributed by atoms with Crippen LogP contribution in [-0.4, -0.2) is 13.2 Å². The van der Waals surface area contributed by atoms with Crippen molar-refractivity contribution in [3.8, 4) is 0 Å². The molecule has 1 aromatic rings. The second-order valence-corrected chi connectivity index (χ2v) is 4.20. The zero-order chi connectivity index (χ0) is 10.7.